The highest BCUT2D eigenvalue weighted by Crippen LogP contribution is 2.31. The van der Waals surface area contributed by atoms with E-state index in [1.165, 1.54) is 30.3 Å². The third kappa shape index (κ3) is 5.65. The molecule has 0 N–H and O–H groups in total. The summed E-state index contributed by atoms with van der Waals surface area (Å²) in [5.41, 5.74) is 0.582. The molecule has 0 saturated carbocycles. The van der Waals surface area contributed by atoms with Crippen molar-refractivity contribution in [3.05, 3.63) is 66.4 Å². The maximum Gasteiger partial charge on any atom is 0.348 e. The van der Waals surface area contributed by atoms with Crippen LogP contribution in [0.2, 0.25) is 0 Å². The van der Waals surface area contributed by atoms with Crippen molar-refractivity contribution in [3.63, 3.8) is 0 Å². The Bertz CT molecular complexity index is 1120. The number of nitrogens with zero attached hydrogens (tertiary/aromatic N) is 2. The lowest BCUT2D eigenvalue weighted by Gasteiger charge is -2.05. The summed E-state index contributed by atoms with van der Waals surface area (Å²) in [6.07, 6.45) is 1.01. The number of ketones is 1. The fourth-order valence-corrected chi connectivity index (χ4v) is 4.02. The summed E-state index contributed by atoms with van der Waals surface area (Å²) < 4.78 is 10.1. The first-order chi connectivity index (χ1) is 15.2. The van der Waals surface area contributed by atoms with E-state index in [2.05, 4.69) is 0 Å². The van der Waals surface area contributed by atoms with E-state index in [0.717, 1.165) is 11.3 Å². The van der Waals surface area contributed by atoms with Crippen LogP contribution in [0.1, 0.15) is 49.9 Å². The van der Waals surface area contributed by atoms with Crippen molar-refractivity contribution in [2.45, 2.75) is 27.2 Å². The number of hydrogen-bond donors (Lipinski definition) is 0. The highest BCUT2D eigenvalue weighted by Gasteiger charge is 2.28. The van der Waals surface area contributed by atoms with Gasteiger partial charge < -0.3 is 9.47 Å². The summed E-state index contributed by atoms with van der Waals surface area (Å²) in [5.74, 6) is -1.85. The summed E-state index contributed by atoms with van der Waals surface area (Å²) in [6.45, 7) is 5.12. The Balaban J connectivity index is 2.40. The Morgan fingerprint density at radius 3 is 2.25 bits per heavy atom. The molecule has 2 aromatic rings. The molecule has 1 heterocycles. The van der Waals surface area contributed by atoms with Crippen LogP contribution in [0.4, 0.5) is 5.69 Å². The second kappa shape index (κ2) is 11.0. The number of Topliss-reactive ketones (excluding diaryl/α,β-unsaturated/α-hetero) is 1. The van der Waals surface area contributed by atoms with Gasteiger partial charge in [-0.3, -0.25) is 14.9 Å². The number of nitriles is 1. The molecule has 0 bridgehead atoms. The number of allylic oxidation sites excluding steroid dienone is 1. The van der Waals surface area contributed by atoms with Crippen LogP contribution in [-0.4, -0.2) is 35.9 Å². The lowest BCUT2D eigenvalue weighted by Crippen LogP contribution is -2.12. The molecule has 1 aromatic heterocycles. The number of carbonyl (C=O) groups excluding carboxylic acids is 3. The molecule has 166 valence electrons. The van der Waals surface area contributed by atoms with Crippen LogP contribution >= 0.6 is 11.3 Å². The first-order valence-electron chi connectivity index (χ1n) is 9.59. The topological polar surface area (TPSA) is 137 Å². The highest BCUT2D eigenvalue weighted by atomic mass is 32.1. The predicted octanol–water partition coefficient (Wildman–Crippen LogP) is 4.04. The molecule has 0 saturated heterocycles. The quantitative estimate of drug-likeness (QED) is 0.181. The minimum atomic E-state index is -0.669. The number of non-ortho nitro benzene ring substituents is 1. The summed E-state index contributed by atoms with van der Waals surface area (Å²) in [5, 5.41) is 20.2. The standard InChI is InChI=1S/C22H20N2O7S/c1-4-30-21(26)19-13(3)20(22(27)31-5-2)32-18(19)11-17(25)15(12-23)10-14-6-8-16(9-7-14)24(28)29/h6-10H,4-5,11H2,1-3H3/b15-10+. The number of carbonyl (C=O) groups is 3. The fraction of sp³-hybridized carbons (Fsp3) is 0.273. The first kappa shape index (κ1) is 24.4. The SMILES string of the molecule is CCOC(=O)c1sc(CC(=O)/C(C#N)=C/c2ccc([N+](=O)[O-])cc2)c(C(=O)OCC)c1C. The Morgan fingerprint density at radius 1 is 1.12 bits per heavy atom. The van der Waals surface area contributed by atoms with Crippen molar-refractivity contribution < 1.29 is 28.8 Å². The molecule has 0 spiro atoms. The van der Waals surface area contributed by atoms with E-state index in [1.54, 1.807) is 20.8 Å². The largest absolute Gasteiger partial charge is 0.462 e. The van der Waals surface area contributed by atoms with Crippen LogP contribution in [-0.2, 0) is 20.7 Å². The molecule has 2 rings (SSSR count). The smallest absolute Gasteiger partial charge is 0.348 e. The number of hydrogen-bond acceptors (Lipinski definition) is 9. The molecule has 10 heteroatoms. The van der Waals surface area contributed by atoms with Gasteiger partial charge in [0.15, 0.2) is 5.78 Å². The Kier molecular flexibility index (Phi) is 8.38. The number of ether oxygens (including phenoxy) is 2. The van der Waals surface area contributed by atoms with Gasteiger partial charge >= 0.3 is 11.9 Å². The van der Waals surface area contributed by atoms with Gasteiger partial charge in [-0.2, -0.15) is 5.26 Å². The molecule has 9 nitrogen and oxygen atoms in total. The zero-order valence-electron chi connectivity index (χ0n) is 17.7. The molecule has 0 atom stereocenters. The van der Waals surface area contributed by atoms with Crippen molar-refractivity contribution in [1.29, 1.82) is 5.26 Å². The van der Waals surface area contributed by atoms with E-state index in [-0.39, 0.29) is 41.3 Å². The number of rotatable bonds is 9. The molecule has 0 aliphatic heterocycles. The van der Waals surface area contributed by atoms with Gasteiger partial charge in [0.25, 0.3) is 5.69 Å². The lowest BCUT2D eigenvalue weighted by atomic mass is 10.0. The summed E-state index contributed by atoms with van der Waals surface area (Å²) in [4.78, 5) is 48.2. The Morgan fingerprint density at radius 2 is 1.72 bits per heavy atom. The van der Waals surface area contributed by atoms with Crippen LogP contribution in [0.25, 0.3) is 6.08 Å². The number of nitro benzene ring substituents is 1. The Labute approximate surface area is 188 Å². The third-order valence-corrected chi connectivity index (χ3v) is 5.59. The summed E-state index contributed by atoms with van der Waals surface area (Å²) in [7, 11) is 0. The van der Waals surface area contributed by atoms with Crippen LogP contribution < -0.4 is 0 Å². The molecule has 0 aliphatic carbocycles. The van der Waals surface area contributed by atoms with Gasteiger partial charge in [0.2, 0.25) is 0 Å². The van der Waals surface area contributed by atoms with Gasteiger partial charge in [-0.1, -0.05) is 0 Å². The molecular formula is C22H20N2O7S. The number of nitro groups is 1. The van der Waals surface area contributed by atoms with Crippen molar-refractivity contribution in [3.8, 4) is 6.07 Å². The highest BCUT2D eigenvalue weighted by molar-refractivity contribution is 7.14. The van der Waals surface area contributed by atoms with Gasteiger partial charge in [0.1, 0.15) is 10.9 Å². The van der Waals surface area contributed by atoms with Gasteiger partial charge in [-0.25, -0.2) is 9.59 Å². The van der Waals surface area contributed by atoms with Gasteiger partial charge in [0.05, 0.1) is 29.3 Å². The average Bonchev–Trinajstić information content (AvgIpc) is 3.08. The third-order valence-electron chi connectivity index (χ3n) is 4.32. The molecule has 0 fully saturated rings. The van der Waals surface area contributed by atoms with Gasteiger partial charge in [0, 0.05) is 23.4 Å². The monoisotopic (exact) mass is 456 g/mol. The molecular weight excluding hydrogens is 436 g/mol. The molecule has 0 amide bonds. The molecule has 0 radical (unpaired) electrons. The molecule has 1 aromatic carbocycles. The van der Waals surface area contributed by atoms with Gasteiger partial charge in [-0.05, 0) is 50.1 Å². The van der Waals surface area contributed by atoms with Crippen LogP contribution in [0.5, 0.6) is 0 Å². The molecule has 0 aliphatic rings. The Hall–Kier alpha value is -3.84. The number of thiophene rings is 1. The van der Waals surface area contributed by atoms with Crippen LogP contribution in [0.3, 0.4) is 0 Å². The number of benzene rings is 1. The second-order valence-electron chi connectivity index (χ2n) is 6.41. The van der Waals surface area contributed by atoms with E-state index >= 15 is 0 Å². The predicted molar refractivity (Wildman–Crippen MR) is 116 cm³/mol. The maximum atomic E-state index is 12.8. The van der Waals surface area contributed by atoms with E-state index in [9.17, 15) is 29.8 Å². The minimum Gasteiger partial charge on any atom is -0.462 e. The van der Waals surface area contributed by atoms with Gasteiger partial charge in [-0.15, -0.1) is 11.3 Å². The van der Waals surface area contributed by atoms with Crippen molar-refractivity contribution in [2.24, 2.45) is 0 Å². The zero-order valence-corrected chi connectivity index (χ0v) is 18.5. The normalized spacial score (nSPS) is 10.9. The zero-order chi connectivity index (χ0) is 23.8. The average molecular weight is 456 g/mol. The van der Waals surface area contributed by atoms with E-state index in [4.69, 9.17) is 9.47 Å². The summed E-state index contributed by atoms with van der Waals surface area (Å²) in [6, 6.07) is 7.18. The molecule has 0 unspecified atom stereocenters. The summed E-state index contributed by atoms with van der Waals surface area (Å²) >= 11 is 0.948. The number of esters is 2. The first-order valence-corrected chi connectivity index (χ1v) is 10.4. The second-order valence-corrected chi connectivity index (χ2v) is 7.52. The van der Waals surface area contributed by atoms with Crippen LogP contribution in [0, 0.1) is 28.4 Å². The van der Waals surface area contributed by atoms with E-state index < -0.39 is 22.6 Å². The lowest BCUT2D eigenvalue weighted by molar-refractivity contribution is -0.384. The fourth-order valence-electron chi connectivity index (χ4n) is 2.83. The van der Waals surface area contributed by atoms with Crippen molar-refractivity contribution in [2.75, 3.05) is 13.2 Å². The minimum absolute atomic E-state index is 0.111. The van der Waals surface area contributed by atoms with Crippen LogP contribution in [0.15, 0.2) is 29.8 Å². The van der Waals surface area contributed by atoms with E-state index in [0.29, 0.717) is 16.0 Å². The van der Waals surface area contributed by atoms with Crippen molar-refractivity contribution in [1.82, 2.24) is 0 Å². The van der Waals surface area contributed by atoms with E-state index in [1.807, 2.05) is 6.07 Å². The molecule has 32 heavy (non-hydrogen) atoms. The van der Waals surface area contributed by atoms with Crippen molar-refractivity contribution >= 4 is 40.8 Å². The maximum absolute atomic E-state index is 12.8.